The van der Waals surface area contributed by atoms with Crippen LogP contribution < -0.4 is 9.46 Å². The number of hydrogen-bond acceptors (Lipinski definition) is 6. The molecule has 2 aromatic rings. The van der Waals surface area contributed by atoms with E-state index in [2.05, 4.69) is 20.2 Å². The summed E-state index contributed by atoms with van der Waals surface area (Å²) in [7, 11) is -3.65. The largest absolute Gasteiger partial charge is 0.494 e. The van der Waals surface area contributed by atoms with Crippen molar-refractivity contribution in [3.63, 3.8) is 0 Å². The molecule has 124 valence electrons. The van der Waals surface area contributed by atoms with Crippen LogP contribution in [0.3, 0.4) is 0 Å². The average Bonchev–Trinajstić information content (AvgIpc) is 3.24. The fourth-order valence-electron chi connectivity index (χ4n) is 2.30. The van der Waals surface area contributed by atoms with Gasteiger partial charge in [0.1, 0.15) is 5.75 Å². The summed E-state index contributed by atoms with van der Waals surface area (Å²) in [5.74, 6) is 1.17. The van der Waals surface area contributed by atoms with Crippen LogP contribution >= 0.6 is 0 Å². The molecule has 9 heteroatoms. The Labute approximate surface area is 134 Å². The van der Waals surface area contributed by atoms with E-state index in [1.807, 2.05) is 6.92 Å². The average molecular weight is 337 g/mol. The highest BCUT2D eigenvalue weighted by Gasteiger charge is 2.31. The van der Waals surface area contributed by atoms with Crippen molar-refractivity contribution < 1.29 is 13.2 Å². The molecule has 1 aromatic heterocycles. The molecule has 1 heterocycles. The molecule has 1 atom stereocenters. The Balaban J connectivity index is 1.75. The van der Waals surface area contributed by atoms with E-state index in [1.165, 1.54) is 12.1 Å². The third-order valence-electron chi connectivity index (χ3n) is 3.58. The summed E-state index contributed by atoms with van der Waals surface area (Å²) in [6.07, 6.45) is 2.05. The molecule has 0 unspecified atom stereocenters. The highest BCUT2D eigenvalue weighted by Crippen LogP contribution is 2.35. The third kappa shape index (κ3) is 3.50. The van der Waals surface area contributed by atoms with E-state index in [-0.39, 0.29) is 10.9 Å². The van der Waals surface area contributed by atoms with Crippen LogP contribution in [0.1, 0.15) is 44.6 Å². The number of sulfonamides is 1. The fraction of sp³-hybridized carbons (Fsp3) is 0.500. The van der Waals surface area contributed by atoms with Crippen molar-refractivity contribution in [2.45, 2.75) is 43.7 Å². The van der Waals surface area contributed by atoms with E-state index in [0.29, 0.717) is 18.2 Å². The smallest absolute Gasteiger partial charge is 0.241 e. The number of nitrogens with one attached hydrogen (secondary N) is 1. The van der Waals surface area contributed by atoms with Crippen molar-refractivity contribution >= 4 is 10.0 Å². The van der Waals surface area contributed by atoms with Gasteiger partial charge in [0.2, 0.25) is 10.0 Å². The molecule has 23 heavy (non-hydrogen) atoms. The maximum absolute atomic E-state index is 12.5. The first kappa shape index (κ1) is 15.9. The zero-order valence-electron chi connectivity index (χ0n) is 13.0. The van der Waals surface area contributed by atoms with E-state index in [9.17, 15) is 8.42 Å². The van der Waals surface area contributed by atoms with Gasteiger partial charge in [0.05, 0.1) is 23.6 Å². The van der Waals surface area contributed by atoms with Crippen LogP contribution in [0.25, 0.3) is 0 Å². The number of ether oxygens (including phenoxy) is 1. The Hall–Kier alpha value is -2.00. The number of nitrogens with zero attached hydrogens (tertiary/aromatic N) is 4. The van der Waals surface area contributed by atoms with Gasteiger partial charge in [-0.2, -0.15) is 0 Å². The van der Waals surface area contributed by atoms with E-state index in [1.54, 1.807) is 23.7 Å². The SMILES string of the molecule is CCOc1ccc(S(=O)(=O)N[C@@H](C)c2nnnn2C2CC2)cc1. The Kier molecular flexibility index (Phi) is 4.31. The minimum atomic E-state index is -3.65. The van der Waals surface area contributed by atoms with Crippen LogP contribution in [0.2, 0.25) is 0 Å². The van der Waals surface area contributed by atoms with Gasteiger partial charge in [-0.25, -0.2) is 17.8 Å². The summed E-state index contributed by atoms with van der Waals surface area (Å²) in [6, 6.07) is 6.08. The summed E-state index contributed by atoms with van der Waals surface area (Å²) in [6.45, 7) is 4.14. The van der Waals surface area contributed by atoms with Gasteiger partial charge in [-0.15, -0.1) is 5.10 Å². The maximum atomic E-state index is 12.5. The molecular formula is C14H19N5O3S. The second-order valence-corrected chi connectivity index (χ2v) is 7.17. The lowest BCUT2D eigenvalue weighted by Gasteiger charge is -2.14. The van der Waals surface area contributed by atoms with Gasteiger partial charge in [0, 0.05) is 0 Å². The van der Waals surface area contributed by atoms with Crippen LogP contribution in [0.4, 0.5) is 0 Å². The lowest BCUT2D eigenvalue weighted by Crippen LogP contribution is -2.29. The standard InChI is InChI=1S/C14H19N5O3S/c1-3-22-12-6-8-13(9-7-12)23(20,21)16-10(2)14-15-17-18-19(14)11-4-5-11/h6-11,16H,3-5H2,1-2H3/t10-/m0/s1. The van der Waals surface area contributed by atoms with E-state index >= 15 is 0 Å². The van der Waals surface area contributed by atoms with Gasteiger partial charge in [-0.1, -0.05) is 0 Å². The van der Waals surface area contributed by atoms with Crippen LogP contribution in [0.15, 0.2) is 29.2 Å². The maximum Gasteiger partial charge on any atom is 0.241 e. The molecule has 1 fully saturated rings. The predicted octanol–water partition coefficient (Wildman–Crippen LogP) is 1.45. The van der Waals surface area contributed by atoms with E-state index in [0.717, 1.165) is 12.8 Å². The molecule has 0 saturated heterocycles. The van der Waals surface area contributed by atoms with Gasteiger partial charge in [0.15, 0.2) is 5.82 Å². The van der Waals surface area contributed by atoms with E-state index < -0.39 is 16.1 Å². The van der Waals surface area contributed by atoms with Crippen molar-refractivity contribution in [2.75, 3.05) is 6.61 Å². The highest BCUT2D eigenvalue weighted by atomic mass is 32.2. The topological polar surface area (TPSA) is 99.0 Å². The first-order valence-corrected chi connectivity index (χ1v) is 9.02. The number of tetrazole rings is 1. The Morgan fingerprint density at radius 1 is 1.35 bits per heavy atom. The van der Waals surface area contributed by atoms with Crippen LogP contribution in [-0.2, 0) is 10.0 Å². The number of benzene rings is 1. The molecule has 1 aromatic carbocycles. The summed E-state index contributed by atoms with van der Waals surface area (Å²) < 4.78 is 34.6. The summed E-state index contributed by atoms with van der Waals surface area (Å²) in [5, 5.41) is 11.5. The molecule has 1 aliphatic carbocycles. The molecular weight excluding hydrogens is 318 g/mol. The molecule has 1 aliphatic rings. The normalized spacial score (nSPS) is 16.3. The molecule has 1 saturated carbocycles. The monoisotopic (exact) mass is 337 g/mol. The summed E-state index contributed by atoms with van der Waals surface area (Å²) in [5.41, 5.74) is 0. The van der Waals surface area contributed by atoms with Crippen molar-refractivity contribution in [3.05, 3.63) is 30.1 Å². The summed E-state index contributed by atoms with van der Waals surface area (Å²) >= 11 is 0. The van der Waals surface area contributed by atoms with Crippen molar-refractivity contribution in [3.8, 4) is 5.75 Å². The molecule has 1 N–H and O–H groups in total. The van der Waals surface area contributed by atoms with Crippen LogP contribution in [0.5, 0.6) is 5.75 Å². The Morgan fingerprint density at radius 2 is 2.04 bits per heavy atom. The third-order valence-corrected chi connectivity index (χ3v) is 5.13. The van der Waals surface area contributed by atoms with Crippen molar-refractivity contribution in [1.29, 1.82) is 0 Å². The highest BCUT2D eigenvalue weighted by molar-refractivity contribution is 7.89. The first-order chi connectivity index (χ1) is 11.0. The lowest BCUT2D eigenvalue weighted by molar-refractivity contribution is 0.340. The van der Waals surface area contributed by atoms with Gasteiger partial charge < -0.3 is 4.74 Å². The van der Waals surface area contributed by atoms with Crippen LogP contribution in [-0.4, -0.2) is 35.2 Å². The minimum absolute atomic E-state index is 0.179. The number of rotatable bonds is 7. The van der Waals surface area contributed by atoms with E-state index in [4.69, 9.17) is 4.74 Å². The molecule has 8 nitrogen and oxygen atoms in total. The van der Waals surface area contributed by atoms with Gasteiger partial charge in [-0.05, 0) is 61.4 Å². The summed E-state index contributed by atoms with van der Waals surface area (Å²) in [4.78, 5) is 0.179. The lowest BCUT2D eigenvalue weighted by atomic mass is 10.3. The zero-order valence-corrected chi connectivity index (χ0v) is 13.8. The van der Waals surface area contributed by atoms with Gasteiger partial charge >= 0.3 is 0 Å². The molecule has 3 rings (SSSR count). The zero-order chi connectivity index (χ0) is 16.4. The second-order valence-electron chi connectivity index (χ2n) is 5.46. The molecule has 0 bridgehead atoms. The first-order valence-electron chi connectivity index (χ1n) is 7.54. The molecule has 0 amide bonds. The minimum Gasteiger partial charge on any atom is -0.494 e. The molecule has 0 radical (unpaired) electrons. The fourth-order valence-corrected chi connectivity index (χ4v) is 3.50. The second kappa shape index (κ2) is 6.25. The van der Waals surface area contributed by atoms with Crippen molar-refractivity contribution in [2.24, 2.45) is 0 Å². The van der Waals surface area contributed by atoms with Crippen molar-refractivity contribution in [1.82, 2.24) is 24.9 Å². The van der Waals surface area contributed by atoms with Gasteiger partial charge in [-0.3, -0.25) is 0 Å². The molecule has 0 aliphatic heterocycles. The van der Waals surface area contributed by atoms with Crippen LogP contribution in [0, 0.1) is 0 Å². The molecule has 0 spiro atoms. The predicted molar refractivity (Wildman–Crippen MR) is 82.4 cm³/mol. The quantitative estimate of drug-likeness (QED) is 0.821. The Bertz CT molecular complexity index is 768. The van der Waals surface area contributed by atoms with Gasteiger partial charge in [0.25, 0.3) is 0 Å². The number of aromatic nitrogens is 4. The Morgan fingerprint density at radius 3 is 2.65 bits per heavy atom. The number of hydrogen-bond donors (Lipinski definition) is 1.